The molecule has 1 unspecified atom stereocenters. The summed E-state index contributed by atoms with van der Waals surface area (Å²) in [6, 6.07) is 15.9. The largest absolute Gasteiger partial charge is 0.508 e. The van der Waals surface area contributed by atoms with E-state index in [0.717, 1.165) is 58.0 Å². The van der Waals surface area contributed by atoms with E-state index >= 15 is 0 Å². The van der Waals surface area contributed by atoms with Crippen molar-refractivity contribution >= 4 is 43.2 Å². The van der Waals surface area contributed by atoms with Gasteiger partial charge >= 0.3 is 16.3 Å². The minimum Gasteiger partial charge on any atom is -0.508 e. The van der Waals surface area contributed by atoms with Crippen LogP contribution in [0.3, 0.4) is 0 Å². The van der Waals surface area contributed by atoms with Crippen molar-refractivity contribution in [1.29, 1.82) is 0 Å². The lowest BCUT2D eigenvalue weighted by Crippen LogP contribution is -2.37. The molecule has 3 aromatic carbocycles. The number of aromatic hydroxyl groups is 1. The quantitative estimate of drug-likeness (QED) is 0.130. The Kier molecular flexibility index (Phi) is 9.14. The summed E-state index contributed by atoms with van der Waals surface area (Å²) >= 11 is 3.47. The molecule has 4 aromatic rings. The highest BCUT2D eigenvalue weighted by Gasteiger charge is 2.32. The topological polar surface area (TPSA) is 124 Å². The van der Waals surface area contributed by atoms with Crippen molar-refractivity contribution in [3.05, 3.63) is 82.4 Å². The van der Waals surface area contributed by atoms with E-state index in [1.807, 2.05) is 48.0 Å². The molecule has 1 N–H and O–H groups in total. The maximum Gasteiger partial charge on any atom is 0.385 e. The molecule has 2 heterocycles. The summed E-state index contributed by atoms with van der Waals surface area (Å²) in [6.45, 7) is 4.92. The Balaban J connectivity index is 1.47. The maximum absolute atomic E-state index is 12.9. The van der Waals surface area contributed by atoms with Crippen LogP contribution < -0.4 is 4.18 Å². The first-order chi connectivity index (χ1) is 20.2. The minimum absolute atomic E-state index is 0.0340. The second-order valence-electron chi connectivity index (χ2n) is 10.3. The third-order valence-electron chi connectivity index (χ3n) is 7.40. The fraction of sp³-hybridized carbons (Fsp3) is 0.367. The molecule has 42 heavy (non-hydrogen) atoms. The number of carbonyl (C=O) groups is 1. The van der Waals surface area contributed by atoms with Crippen molar-refractivity contribution in [3.8, 4) is 11.5 Å². The van der Waals surface area contributed by atoms with E-state index in [1.54, 1.807) is 6.92 Å². The number of alkyl halides is 1. The number of halogens is 1. The third-order valence-corrected chi connectivity index (χ3v) is 9.24. The number of esters is 1. The molecule has 0 radical (unpaired) electrons. The molecule has 0 saturated carbocycles. The number of phenols is 1. The predicted octanol–water partition coefficient (Wildman–Crippen LogP) is 5.34. The Morgan fingerprint density at radius 1 is 1.17 bits per heavy atom. The van der Waals surface area contributed by atoms with Gasteiger partial charge in [-0.15, -0.1) is 5.10 Å². The highest BCUT2D eigenvalue weighted by atomic mass is 79.9. The Morgan fingerprint density at radius 2 is 2.00 bits per heavy atom. The molecule has 0 fully saturated rings. The number of hydrogen-bond donors (Lipinski definition) is 1. The fourth-order valence-electron chi connectivity index (χ4n) is 5.33. The summed E-state index contributed by atoms with van der Waals surface area (Å²) in [5.74, 6) is -0.432. The molecule has 1 atom stereocenters. The molecule has 5 rings (SSSR count). The van der Waals surface area contributed by atoms with Crippen LogP contribution in [0.25, 0.3) is 11.0 Å². The van der Waals surface area contributed by atoms with Crippen LogP contribution in [-0.4, -0.2) is 50.7 Å². The number of phenolic OH excluding ortho intramolecular Hbond substituents is 1. The summed E-state index contributed by atoms with van der Waals surface area (Å²) in [6.07, 6.45) is 2.13. The fourth-order valence-corrected chi connectivity index (χ4v) is 6.82. The second-order valence-corrected chi connectivity index (χ2v) is 12.6. The third kappa shape index (κ3) is 6.45. The van der Waals surface area contributed by atoms with Crippen LogP contribution in [0.15, 0.2) is 54.6 Å². The molecule has 0 amide bonds. The maximum atomic E-state index is 12.9. The van der Waals surface area contributed by atoms with Crippen molar-refractivity contribution in [2.75, 3.05) is 11.9 Å². The van der Waals surface area contributed by atoms with Crippen molar-refractivity contribution in [3.63, 3.8) is 0 Å². The van der Waals surface area contributed by atoms with E-state index in [2.05, 4.69) is 26.2 Å². The van der Waals surface area contributed by atoms with E-state index in [0.29, 0.717) is 5.56 Å². The number of unbranched alkanes of at least 4 members (excludes halogenated alkanes) is 1. The molecule has 0 bridgehead atoms. The summed E-state index contributed by atoms with van der Waals surface area (Å²) < 4.78 is 39.6. The summed E-state index contributed by atoms with van der Waals surface area (Å²) in [4.78, 5) is 12.8. The SMILES string of the molecule is CCOC(=O)CC(c1cccc(CN2Cc3cc(O)ccc3OS2(=O)=O)c1)c1ccc2c(nnn2CCCCBr)c1C. The molecule has 0 spiro atoms. The first-order valence-electron chi connectivity index (χ1n) is 13.8. The summed E-state index contributed by atoms with van der Waals surface area (Å²) in [7, 11) is -4.04. The van der Waals surface area contributed by atoms with Gasteiger partial charge < -0.3 is 14.0 Å². The first kappa shape index (κ1) is 30.0. The minimum atomic E-state index is -4.04. The van der Waals surface area contributed by atoms with Gasteiger partial charge in [-0.2, -0.15) is 12.7 Å². The van der Waals surface area contributed by atoms with Gasteiger partial charge in [0, 0.05) is 36.4 Å². The van der Waals surface area contributed by atoms with E-state index in [9.17, 15) is 18.3 Å². The number of ether oxygens (including phenoxy) is 1. The summed E-state index contributed by atoms with van der Waals surface area (Å²) in [5, 5.41) is 19.7. The van der Waals surface area contributed by atoms with Crippen LogP contribution in [-0.2, 0) is 39.5 Å². The lowest BCUT2D eigenvalue weighted by atomic mass is 9.85. The van der Waals surface area contributed by atoms with Crippen LogP contribution in [0.5, 0.6) is 11.5 Å². The number of hydrogen-bond acceptors (Lipinski definition) is 8. The Labute approximate surface area is 253 Å². The van der Waals surface area contributed by atoms with Gasteiger partial charge in [-0.05, 0) is 73.2 Å². The summed E-state index contributed by atoms with van der Waals surface area (Å²) in [5.41, 5.74) is 5.74. The zero-order valence-electron chi connectivity index (χ0n) is 23.5. The zero-order chi connectivity index (χ0) is 29.9. The van der Waals surface area contributed by atoms with Gasteiger partial charge in [-0.3, -0.25) is 4.79 Å². The van der Waals surface area contributed by atoms with Gasteiger partial charge in [-0.1, -0.05) is 51.5 Å². The second kappa shape index (κ2) is 12.8. The van der Waals surface area contributed by atoms with Crippen LogP contribution in [0, 0.1) is 6.92 Å². The van der Waals surface area contributed by atoms with Crippen molar-refractivity contribution in [1.82, 2.24) is 19.3 Å². The average molecular weight is 658 g/mol. The van der Waals surface area contributed by atoms with Crippen molar-refractivity contribution in [2.24, 2.45) is 0 Å². The number of aryl methyl sites for hydroxylation is 2. The molecular formula is C30H33BrN4O6S. The van der Waals surface area contributed by atoms with E-state index in [1.165, 1.54) is 22.5 Å². The number of aromatic nitrogens is 3. The number of nitrogens with zero attached hydrogens (tertiary/aromatic N) is 4. The zero-order valence-corrected chi connectivity index (χ0v) is 25.9. The van der Waals surface area contributed by atoms with Gasteiger partial charge in [0.25, 0.3) is 0 Å². The predicted molar refractivity (Wildman–Crippen MR) is 162 cm³/mol. The van der Waals surface area contributed by atoms with Gasteiger partial charge in [0.15, 0.2) is 0 Å². The lowest BCUT2D eigenvalue weighted by Gasteiger charge is -2.28. The van der Waals surface area contributed by atoms with Crippen LogP contribution in [0.2, 0.25) is 0 Å². The van der Waals surface area contributed by atoms with Gasteiger partial charge in [0.2, 0.25) is 0 Å². The number of fused-ring (bicyclic) bond motifs is 2. The molecule has 0 saturated heterocycles. The Hall–Kier alpha value is -3.48. The molecule has 1 aromatic heterocycles. The molecule has 10 nitrogen and oxygen atoms in total. The standard InChI is InChI=1S/C30H33BrN4O6S/c1-3-40-29(37)17-26(25-10-11-27-30(20(25)2)32-33-35(27)14-5-4-13-31)22-8-6-7-21(15-22)18-34-19-23-16-24(36)9-12-28(23)41-42(34,38)39/h6-12,15-16,26,36H,3-5,13-14,17-19H2,1-2H3. The molecule has 1 aliphatic heterocycles. The number of benzene rings is 3. The molecule has 12 heteroatoms. The van der Waals surface area contributed by atoms with E-state index in [4.69, 9.17) is 8.92 Å². The van der Waals surface area contributed by atoms with Crippen molar-refractivity contribution in [2.45, 2.75) is 58.7 Å². The number of carbonyl (C=O) groups excluding carboxylic acids is 1. The molecule has 1 aliphatic rings. The molecular weight excluding hydrogens is 624 g/mol. The highest BCUT2D eigenvalue weighted by Crippen LogP contribution is 2.36. The molecule has 222 valence electrons. The molecule has 0 aliphatic carbocycles. The smallest absolute Gasteiger partial charge is 0.385 e. The normalized spacial score (nSPS) is 15.2. The average Bonchev–Trinajstić information content (AvgIpc) is 3.37. The highest BCUT2D eigenvalue weighted by molar-refractivity contribution is 9.09. The van der Waals surface area contributed by atoms with Crippen LogP contribution in [0.1, 0.15) is 59.9 Å². The van der Waals surface area contributed by atoms with Crippen molar-refractivity contribution < 1.29 is 27.2 Å². The van der Waals surface area contributed by atoms with E-state index in [-0.39, 0.29) is 49.5 Å². The monoisotopic (exact) mass is 656 g/mol. The Bertz CT molecular complexity index is 1710. The number of rotatable bonds is 11. The van der Waals surface area contributed by atoms with Gasteiger partial charge in [-0.25, -0.2) is 4.68 Å². The van der Waals surface area contributed by atoms with Gasteiger partial charge in [0.1, 0.15) is 17.0 Å². The van der Waals surface area contributed by atoms with Crippen LogP contribution in [0.4, 0.5) is 0 Å². The lowest BCUT2D eigenvalue weighted by molar-refractivity contribution is -0.143. The van der Waals surface area contributed by atoms with Gasteiger partial charge in [0.05, 0.1) is 18.5 Å². The van der Waals surface area contributed by atoms with Crippen LogP contribution >= 0.6 is 15.9 Å². The Morgan fingerprint density at radius 3 is 2.79 bits per heavy atom. The van der Waals surface area contributed by atoms with E-state index < -0.39 is 10.3 Å². The first-order valence-corrected chi connectivity index (χ1v) is 16.3.